The Labute approximate surface area is 318 Å². The zero-order chi connectivity index (χ0) is 39.4. The lowest BCUT2D eigenvalue weighted by Crippen LogP contribution is -2.59. The van der Waals surface area contributed by atoms with Crippen LogP contribution in [-0.2, 0) is 30.8 Å². The van der Waals surface area contributed by atoms with Gasteiger partial charge in [0.15, 0.2) is 11.6 Å². The Hall–Kier alpha value is -4.67. The van der Waals surface area contributed by atoms with Crippen molar-refractivity contribution in [3.05, 3.63) is 35.7 Å². The van der Waals surface area contributed by atoms with Gasteiger partial charge in [0.1, 0.15) is 23.7 Å². The molecule has 0 radical (unpaired) electrons. The average Bonchev–Trinajstić information content (AvgIpc) is 4.01. The number of carbonyl (C=O) groups is 4. The Bertz CT molecular complexity index is 2060. The molecule has 15 nitrogen and oxygen atoms in total. The summed E-state index contributed by atoms with van der Waals surface area (Å²) in [5.74, 6) is -3.41. The van der Waals surface area contributed by atoms with E-state index >= 15 is 4.39 Å². The van der Waals surface area contributed by atoms with Crippen molar-refractivity contribution in [3.8, 4) is 17.5 Å². The number of allylic oxidation sites excluding steroid dienone is 1. The number of hydrogen-bond donors (Lipinski definition) is 4. The number of halogens is 1. The van der Waals surface area contributed by atoms with Gasteiger partial charge in [0.05, 0.1) is 25.0 Å². The van der Waals surface area contributed by atoms with E-state index in [-0.39, 0.29) is 36.9 Å². The number of pyridine rings is 1. The highest BCUT2D eigenvalue weighted by atomic mass is 32.2. The van der Waals surface area contributed by atoms with E-state index in [2.05, 4.69) is 20.3 Å². The van der Waals surface area contributed by atoms with E-state index in [9.17, 15) is 32.7 Å². The maximum atomic E-state index is 15.2. The molecule has 1 saturated heterocycles. The van der Waals surface area contributed by atoms with Crippen LogP contribution in [0.3, 0.4) is 0 Å². The molecule has 7 rings (SSSR count). The topological polar surface area (TPSA) is 203 Å². The fraction of sp³-hybridized carbons (Fsp3) is 0.605. The number of methoxy groups -OCH3 is 1. The van der Waals surface area contributed by atoms with Gasteiger partial charge in [0.2, 0.25) is 33.6 Å². The molecule has 55 heavy (non-hydrogen) atoms. The molecule has 1 aromatic heterocycles. The summed E-state index contributed by atoms with van der Waals surface area (Å²) >= 11 is 0. The van der Waals surface area contributed by atoms with Gasteiger partial charge >= 0.3 is 6.09 Å². The number of rotatable bonds is 7. The minimum absolute atomic E-state index is 0.0159. The first-order chi connectivity index (χ1) is 26.1. The molecule has 4 heterocycles. The van der Waals surface area contributed by atoms with E-state index in [4.69, 9.17) is 14.2 Å². The first kappa shape index (κ1) is 38.6. The van der Waals surface area contributed by atoms with Gasteiger partial charge in [0, 0.05) is 23.3 Å². The van der Waals surface area contributed by atoms with Gasteiger partial charge in [-0.1, -0.05) is 26.0 Å². The van der Waals surface area contributed by atoms with Crippen molar-refractivity contribution >= 4 is 44.6 Å². The van der Waals surface area contributed by atoms with E-state index in [1.165, 1.54) is 18.1 Å². The summed E-state index contributed by atoms with van der Waals surface area (Å²) in [5, 5.41) is 16.0. The molecular weight excluding hydrogens is 738 g/mol. The fourth-order valence-electron chi connectivity index (χ4n) is 8.23. The van der Waals surface area contributed by atoms with E-state index in [1.54, 1.807) is 19.9 Å². The molecule has 0 unspecified atom stereocenters. The maximum absolute atomic E-state index is 15.2. The lowest BCUT2D eigenvalue weighted by atomic mass is 9.88. The molecule has 298 valence electrons. The Morgan fingerprint density at radius 3 is 2.64 bits per heavy atom. The fourth-order valence-corrected chi connectivity index (χ4v) is 9.54. The number of carbonyl (C=O) groups excluding carboxylic acids is 3. The number of carboxylic acid groups (broad SMARTS) is 1. The van der Waals surface area contributed by atoms with E-state index in [0.717, 1.165) is 12.0 Å². The second-order valence-corrected chi connectivity index (χ2v) is 18.3. The third kappa shape index (κ3) is 7.38. The second kappa shape index (κ2) is 14.4. The van der Waals surface area contributed by atoms with Crippen molar-refractivity contribution in [3.63, 3.8) is 0 Å². The Morgan fingerprint density at radius 2 is 1.93 bits per heavy atom. The predicted octanol–water partition coefficient (Wildman–Crippen LogP) is 3.58. The van der Waals surface area contributed by atoms with E-state index < -0.39 is 80.0 Å². The maximum Gasteiger partial charge on any atom is 0.405 e. The second-order valence-electron chi connectivity index (χ2n) is 16.1. The van der Waals surface area contributed by atoms with Gasteiger partial charge in [-0.05, 0) is 87.6 Å². The number of aryl methyl sites for hydroxylation is 1. The van der Waals surface area contributed by atoms with Crippen molar-refractivity contribution in [1.29, 1.82) is 0 Å². The van der Waals surface area contributed by atoms with Gasteiger partial charge < -0.3 is 34.9 Å². The SMILES string of the molecule is COc1cc2c3c(nc(O[C@@H]4C[C@H]5C(=O)N[C@]6(C(=O)NS(=O)(=O)C7(C)CC7)C[C@H]6C=CCC[C@@H](C)C[C@@H](C)[C@H](NC(=O)O)C(=O)N5C4)c2cc1F)OCCC3. The smallest absolute Gasteiger partial charge is 0.405 e. The summed E-state index contributed by atoms with van der Waals surface area (Å²) in [6.07, 6.45) is 5.47. The number of amides is 4. The van der Waals surface area contributed by atoms with Crippen molar-refractivity contribution in [2.45, 2.75) is 107 Å². The number of hydrogen-bond acceptors (Lipinski definition) is 10. The first-order valence-corrected chi connectivity index (χ1v) is 20.4. The van der Waals surface area contributed by atoms with Crippen LogP contribution in [-0.4, -0.2) is 96.0 Å². The lowest BCUT2D eigenvalue weighted by Gasteiger charge is -2.32. The number of aromatic nitrogens is 1. The summed E-state index contributed by atoms with van der Waals surface area (Å²) in [6.45, 7) is 5.59. The molecule has 7 atom stereocenters. The number of ether oxygens (including phenoxy) is 3. The number of benzene rings is 1. The Balaban J connectivity index is 1.25. The summed E-state index contributed by atoms with van der Waals surface area (Å²) < 4.78 is 60.1. The molecule has 0 spiro atoms. The zero-order valence-electron chi connectivity index (χ0n) is 31.4. The van der Waals surface area contributed by atoms with E-state index in [0.29, 0.717) is 61.8 Å². The molecule has 2 saturated carbocycles. The lowest BCUT2D eigenvalue weighted by molar-refractivity contribution is -0.142. The highest BCUT2D eigenvalue weighted by Gasteiger charge is 2.63. The average molecular weight is 786 g/mol. The molecule has 0 bridgehead atoms. The molecule has 3 aliphatic heterocycles. The van der Waals surface area contributed by atoms with Crippen LogP contribution in [0.2, 0.25) is 0 Å². The van der Waals surface area contributed by atoms with Crippen LogP contribution < -0.4 is 29.6 Å². The van der Waals surface area contributed by atoms with Crippen LogP contribution in [0, 0.1) is 23.6 Å². The van der Waals surface area contributed by atoms with Gasteiger partial charge in [-0.2, -0.15) is 4.98 Å². The quantitative estimate of drug-likeness (QED) is 0.299. The molecule has 4 N–H and O–H groups in total. The number of nitrogens with zero attached hydrogens (tertiary/aromatic N) is 2. The standard InChI is InChI=1S/C38H48FN5O10S/c1-20-8-5-6-9-22-18-38(22,35(47)43-55(50,51)37(3)11-12-37)42-31(45)28-15-23(19-44(28)34(46)30(21(2)14-20)40-36(48)49)54-33-26-16-27(39)29(52-4)17-25(26)24-10-7-13-53-32(24)41-33/h6,9,16-17,20-23,28,30,40H,5,7-8,10-15,18-19H2,1-4H3,(H,42,45)(H,43,47)(H,48,49)/t20-,21-,22-,23-,28+,30+,38-/m1/s1. The number of fused-ring (bicyclic) bond motifs is 5. The van der Waals surface area contributed by atoms with Crippen molar-refractivity contribution < 1.29 is 51.3 Å². The molecular formula is C38H48FN5O10S. The largest absolute Gasteiger partial charge is 0.494 e. The van der Waals surface area contributed by atoms with Crippen LogP contribution in [0.5, 0.6) is 17.5 Å². The molecule has 17 heteroatoms. The number of nitrogens with one attached hydrogen (secondary N) is 3. The predicted molar refractivity (Wildman–Crippen MR) is 197 cm³/mol. The van der Waals surface area contributed by atoms with Crippen molar-refractivity contribution in [2.75, 3.05) is 20.3 Å². The minimum Gasteiger partial charge on any atom is -0.494 e. The summed E-state index contributed by atoms with van der Waals surface area (Å²) in [4.78, 5) is 60.7. The molecule has 2 aliphatic carbocycles. The highest BCUT2D eigenvalue weighted by Crippen LogP contribution is 2.48. The third-order valence-corrected chi connectivity index (χ3v) is 14.1. The summed E-state index contributed by atoms with van der Waals surface area (Å²) in [6, 6.07) is 0.339. The molecule has 5 aliphatic rings. The van der Waals surface area contributed by atoms with Gasteiger partial charge in [-0.3, -0.25) is 19.1 Å². The molecule has 3 fully saturated rings. The number of sulfonamides is 1. The Kier molecular flexibility index (Phi) is 10.1. The summed E-state index contributed by atoms with van der Waals surface area (Å²) in [7, 11) is -2.68. The monoisotopic (exact) mass is 785 g/mol. The van der Waals surface area contributed by atoms with Crippen molar-refractivity contribution in [2.24, 2.45) is 17.8 Å². The Morgan fingerprint density at radius 1 is 1.16 bits per heavy atom. The van der Waals surface area contributed by atoms with Gasteiger partial charge in [-0.25, -0.2) is 17.6 Å². The molecule has 1 aromatic carbocycles. The zero-order valence-corrected chi connectivity index (χ0v) is 32.2. The molecule has 4 amide bonds. The third-order valence-electron chi connectivity index (χ3n) is 11.9. The van der Waals surface area contributed by atoms with Gasteiger partial charge in [-0.15, -0.1) is 0 Å². The minimum atomic E-state index is -4.04. The normalized spacial score (nSPS) is 30.3. The summed E-state index contributed by atoms with van der Waals surface area (Å²) in [5.41, 5.74) is -0.831. The van der Waals surface area contributed by atoms with E-state index in [1.807, 2.05) is 19.1 Å². The van der Waals surface area contributed by atoms with Crippen LogP contribution in [0.25, 0.3) is 10.8 Å². The molecule has 2 aromatic rings. The van der Waals surface area contributed by atoms with Crippen LogP contribution in [0.1, 0.15) is 77.7 Å². The van der Waals surface area contributed by atoms with Crippen LogP contribution in [0.4, 0.5) is 9.18 Å². The van der Waals surface area contributed by atoms with Gasteiger partial charge in [0.25, 0.3) is 5.91 Å². The first-order valence-electron chi connectivity index (χ1n) is 18.9. The highest BCUT2D eigenvalue weighted by molar-refractivity contribution is 7.91. The van der Waals surface area contributed by atoms with Crippen LogP contribution in [0.15, 0.2) is 24.3 Å². The van der Waals surface area contributed by atoms with Crippen LogP contribution >= 0.6 is 0 Å². The van der Waals surface area contributed by atoms with Crippen molar-refractivity contribution in [1.82, 2.24) is 25.2 Å².